The fourth-order valence-electron chi connectivity index (χ4n) is 1.68. The summed E-state index contributed by atoms with van der Waals surface area (Å²) in [4.78, 5) is 20.5. The quantitative estimate of drug-likeness (QED) is 0.533. The van der Waals surface area contributed by atoms with Crippen LogP contribution in [0.5, 0.6) is 0 Å². The van der Waals surface area contributed by atoms with Gasteiger partial charge in [-0.25, -0.2) is 14.4 Å². The Morgan fingerprint density at radius 3 is 2.55 bits per heavy atom. The lowest BCUT2D eigenvalue weighted by Gasteiger charge is -2.10. The molecule has 1 heterocycles. The summed E-state index contributed by atoms with van der Waals surface area (Å²) < 4.78 is 12.8. The van der Waals surface area contributed by atoms with E-state index < -0.39 is 0 Å². The van der Waals surface area contributed by atoms with E-state index in [0.29, 0.717) is 16.5 Å². The number of nitrogens with two attached hydrogens (primary N) is 1. The number of anilines is 1. The number of benzene rings is 1. The van der Waals surface area contributed by atoms with Crippen LogP contribution in [0.15, 0.2) is 35.5 Å². The molecule has 0 saturated heterocycles. The molecule has 0 aliphatic rings. The highest BCUT2D eigenvalue weighted by molar-refractivity contribution is 8.00. The van der Waals surface area contributed by atoms with Crippen molar-refractivity contribution in [2.45, 2.75) is 24.3 Å². The first-order chi connectivity index (χ1) is 9.45. The largest absolute Gasteiger partial charge is 0.384 e. The van der Waals surface area contributed by atoms with Crippen LogP contribution in [0.3, 0.4) is 0 Å². The van der Waals surface area contributed by atoms with E-state index in [9.17, 15) is 9.18 Å². The molecule has 104 valence electrons. The molecule has 0 fully saturated rings. The Balaban J connectivity index is 2.13. The van der Waals surface area contributed by atoms with Gasteiger partial charge in [-0.15, -0.1) is 0 Å². The molecular weight excluding hydrogens is 277 g/mol. The van der Waals surface area contributed by atoms with Gasteiger partial charge in [0.25, 0.3) is 0 Å². The number of hydrogen-bond acceptors (Lipinski definition) is 5. The first-order valence-electron chi connectivity index (χ1n) is 6.03. The van der Waals surface area contributed by atoms with Crippen LogP contribution < -0.4 is 5.73 Å². The van der Waals surface area contributed by atoms with Crippen molar-refractivity contribution in [2.24, 2.45) is 0 Å². The molecule has 1 atom stereocenters. The van der Waals surface area contributed by atoms with E-state index in [-0.39, 0.29) is 16.9 Å². The van der Waals surface area contributed by atoms with Crippen molar-refractivity contribution >= 4 is 23.4 Å². The SMILES string of the molecule is Cc1cc(N)nc(S[C@H](C)C(=O)c2ccc(F)cc2)n1. The van der Waals surface area contributed by atoms with Crippen LogP contribution in [-0.4, -0.2) is 21.0 Å². The maximum atomic E-state index is 12.8. The summed E-state index contributed by atoms with van der Waals surface area (Å²) in [6, 6.07) is 7.15. The summed E-state index contributed by atoms with van der Waals surface area (Å²) in [6.45, 7) is 3.58. The molecule has 0 bridgehead atoms. The lowest BCUT2D eigenvalue weighted by Crippen LogP contribution is -2.14. The Kier molecular flexibility index (Phi) is 4.34. The van der Waals surface area contributed by atoms with Gasteiger partial charge in [0.05, 0.1) is 5.25 Å². The summed E-state index contributed by atoms with van der Waals surface area (Å²) in [5.74, 6) is -0.0863. The van der Waals surface area contributed by atoms with Crippen LogP contribution in [0.2, 0.25) is 0 Å². The van der Waals surface area contributed by atoms with Crippen molar-refractivity contribution in [1.29, 1.82) is 0 Å². The highest BCUT2D eigenvalue weighted by Crippen LogP contribution is 2.23. The van der Waals surface area contributed by atoms with Gasteiger partial charge < -0.3 is 5.73 Å². The minimum atomic E-state index is -0.373. The number of carbonyl (C=O) groups excluding carboxylic acids is 1. The summed E-state index contributed by atoms with van der Waals surface area (Å²) >= 11 is 1.23. The molecular formula is C14H14FN3OS. The minimum Gasteiger partial charge on any atom is -0.384 e. The zero-order chi connectivity index (χ0) is 14.7. The molecule has 4 nitrogen and oxygen atoms in total. The molecule has 0 aliphatic heterocycles. The Morgan fingerprint density at radius 2 is 1.95 bits per heavy atom. The highest BCUT2D eigenvalue weighted by Gasteiger charge is 2.18. The smallest absolute Gasteiger partial charge is 0.190 e. The van der Waals surface area contributed by atoms with Crippen molar-refractivity contribution in [1.82, 2.24) is 9.97 Å². The molecule has 20 heavy (non-hydrogen) atoms. The molecule has 0 aliphatic carbocycles. The third-order valence-corrected chi connectivity index (χ3v) is 3.59. The van der Waals surface area contributed by atoms with E-state index >= 15 is 0 Å². The molecule has 1 aromatic carbocycles. The van der Waals surface area contributed by atoms with E-state index in [1.807, 2.05) is 6.92 Å². The predicted octanol–water partition coefficient (Wildman–Crippen LogP) is 2.87. The summed E-state index contributed by atoms with van der Waals surface area (Å²) in [6.07, 6.45) is 0. The minimum absolute atomic E-state index is 0.0984. The number of hydrogen-bond donors (Lipinski definition) is 1. The van der Waals surface area contributed by atoms with Gasteiger partial charge >= 0.3 is 0 Å². The number of aryl methyl sites for hydroxylation is 1. The average Bonchev–Trinajstić information content (AvgIpc) is 2.37. The van der Waals surface area contributed by atoms with Gasteiger partial charge in [-0.05, 0) is 38.1 Å². The first kappa shape index (κ1) is 14.5. The lowest BCUT2D eigenvalue weighted by molar-refractivity contribution is 0.0994. The van der Waals surface area contributed by atoms with Crippen LogP contribution in [0.4, 0.5) is 10.2 Å². The number of halogens is 1. The zero-order valence-electron chi connectivity index (χ0n) is 11.1. The Bertz CT molecular complexity index is 611. The van der Waals surface area contributed by atoms with Crippen LogP contribution in [-0.2, 0) is 0 Å². The molecule has 0 unspecified atom stereocenters. The van der Waals surface area contributed by atoms with Gasteiger partial charge in [0.15, 0.2) is 10.9 Å². The second-order valence-electron chi connectivity index (χ2n) is 4.35. The van der Waals surface area contributed by atoms with Crippen molar-refractivity contribution in [2.75, 3.05) is 5.73 Å². The number of ketones is 1. The number of thioether (sulfide) groups is 1. The Morgan fingerprint density at radius 1 is 1.30 bits per heavy atom. The number of carbonyl (C=O) groups is 1. The summed E-state index contributed by atoms with van der Waals surface area (Å²) in [7, 11) is 0. The second kappa shape index (κ2) is 6.00. The van der Waals surface area contributed by atoms with Crippen molar-refractivity contribution in [3.05, 3.63) is 47.4 Å². The van der Waals surface area contributed by atoms with Gasteiger partial charge in [-0.1, -0.05) is 11.8 Å². The number of aromatic nitrogens is 2. The van der Waals surface area contributed by atoms with Crippen LogP contribution in [0.25, 0.3) is 0 Å². The van der Waals surface area contributed by atoms with Gasteiger partial charge in [-0.3, -0.25) is 4.79 Å². The summed E-state index contributed by atoms with van der Waals surface area (Å²) in [5, 5.41) is 0.0899. The maximum absolute atomic E-state index is 12.8. The highest BCUT2D eigenvalue weighted by atomic mass is 32.2. The van der Waals surface area contributed by atoms with Gasteiger partial charge in [0, 0.05) is 17.3 Å². The first-order valence-corrected chi connectivity index (χ1v) is 6.91. The third-order valence-electron chi connectivity index (χ3n) is 2.63. The monoisotopic (exact) mass is 291 g/mol. The predicted molar refractivity (Wildman–Crippen MR) is 77.2 cm³/mol. The molecule has 0 spiro atoms. The number of nitrogens with zero attached hydrogens (tertiary/aromatic N) is 2. The third kappa shape index (κ3) is 3.54. The normalized spacial score (nSPS) is 12.2. The molecule has 0 radical (unpaired) electrons. The Labute approximate surface area is 120 Å². The van der Waals surface area contributed by atoms with E-state index in [2.05, 4.69) is 9.97 Å². The molecule has 2 rings (SSSR count). The number of Topliss-reactive ketones (excluding diaryl/α,β-unsaturated/α-hetero) is 1. The van der Waals surface area contributed by atoms with Gasteiger partial charge in [-0.2, -0.15) is 0 Å². The maximum Gasteiger partial charge on any atom is 0.190 e. The molecule has 1 aromatic heterocycles. The standard InChI is InChI=1S/C14H14FN3OS/c1-8-7-12(16)18-14(17-8)20-9(2)13(19)10-3-5-11(15)6-4-10/h3-7,9H,1-2H3,(H2,16,17,18)/t9-/m1/s1. The molecule has 2 N–H and O–H groups in total. The van der Waals surface area contributed by atoms with Gasteiger partial charge in [0.2, 0.25) is 0 Å². The number of nitrogen functional groups attached to an aromatic ring is 1. The fraction of sp³-hybridized carbons (Fsp3) is 0.214. The van der Waals surface area contributed by atoms with E-state index in [4.69, 9.17) is 5.73 Å². The summed E-state index contributed by atoms with van der Waals surface area (Å²) in [5.41, 5.74) is 6.86. The Hall–Kier alpha value is -1.95. The van der Waals surface area contributed by atoms with Gasteiger partial charge in [0.1, 0.15) is 11.6 Å². The van der Waals surface area contributed by atoms with Crippen LogP contribution in [0, 0.1) is 12.7 Å². The van der Waals surface area contributed by atoms with E-state index in [1.54, 1.807) is 13.0 Å². The molecule has 0 saturated carbocycles. The molecule has 0 amide bonds. The van der Waals surface area contributed by atoms with Crippen LogP contribution in [0.1, 0.15) is 23.0 Å². The lowest BCUT2D eigenvalue weighted by atomic mass is 10.1. The second-order valence-corrected chi connectivity index (χ2v) is 5.66. The number of rotatable bonds is 4. The van der Waals surface area contributed by atoms with Crippen molar-refractivity contribution < 1.29 is 9.18 Å². The molecule has 6 heteroatoms. The molecule has 2 aromatic rings. The van der Waals surface area contributed by atoms with Crippen LogP contribution >= 0.6 is 11.8 Å². The average molecular weight is 291 g/mol. The fourth-order valence-corrected chi connectivity index (χ4v) is 2.59. The van der Waals surface area contributed by atoms with Crippen molar-refractivity contribution in [3.63, 3.8) is 0 Å². The topological polar surface area (TPSA) is 68.9 Å². The zero-order valence-corrected chi connectivity index (χ0v) is 11.9. The van der Waals surface area contributed by atoms with E-state index in [0.717, 1.165) is 5.69 Å². The van der Waals surface area contributed by atoms with E-state index in [1.165, 1.54) is 36.0 Å². The van der Waals surface area contributed by atoms with Crippen molar-refractivity contribution in [3.8, 4) is 0 Å².